The number of hydrogen-bond donors (Lipinski definition) is 1. The Balaban J connectivity index is 1.60. The van der Waals surface area contributed by atoms with Crippen LogP contribution in [0.4, 0.5) is 5.69 Å². The van der Waals surface area contributed by atoms with Crippen molar-refractivity contribution in [2.75, 3.05) is 5.32 Å². The highest BCUT2D eigenvalue weighted by Gasteiger charge is 2.14. The molecule has 0 spiro atoms. The van der Waals surface area contributed by atoms with Crippen molar-refractivity contribution in [3.8, 4) is 17.2 Å². The first kappa shape index (κ1) is 21.6. The van der Waals surface area contributed by atoms with Gasteiger partial charge in [0.1, 0.15) is 11.3 Å². The van der Waals surface area contributed by atoms with Gasteiger partial charge in [0.05, 0.1) is 6.10 Å². The first-order valence-electron chi connectivity index (χ1n) is 10.9. The largest absolute Gasteiger partial charge is 0.491 e. The molecule has 5 nitrogen and oxygen atoms in total. The standard InChI is InChI=1S/C27H28N2O3/c1-6-19(5)31-22-9-7-8-20(14-22)26(30)28-23-15-21(11-10-16(23)2)27-29-24-12-17(3)18(4)13-25(24)32-27/h7-15,19H,6H2,1-5H3,(H,28,30)/t19-/m0/s1. The summed E-state index contributed by atoms with van der Waals surface area (Å²) in [4.78, 5) is 17.6. The summed E-state index contributed by atoms with van der Waals surface area (Å²) < 4.78 is 11.8. The molecule has 0 aliphatic heterocycles. The number of carbonyl (C=O) groups excluding carboxylic acids is 1. The van der Waals surface area contributed by atoms with E-state index in [9.17, 15) is 4.79 Å². The van der Waals surface area contributed by atoms with Gasteiger partial charge in [-0.25, -0.2) is 4.98 Å². The number of amides is 1. The number of nitrogens with one attached hydrogen (secondary N) is 1. The van der Waals surface area contributed by atoms with Crippen LogP contribution in [0.3, 0.4) is 0 Å². The van der Waals surface area contributed by atoms with Crippen LogP contribution in [0, 0.1) is 20.8 Å². The molecule has 0 aliphatic rings. The number of ether oxygens (including phenoxy) is 1. The Morgan fingerprint density at radius 1 is 1.03 bits per heavy atom. The maximum absolute atomic E-state index is 12.9. The van der Waals surface area contributed by atoms with Gasteiger partial charge in [-0.05, 0) is 93.3 Å². The highest BCUT2D eigenvalue weighted by atomic mass is 16.5. The molecule has 5 heteroatoms. The van der Waals surface area contributed by atoms with E-state index < -0.39 is 0 Å². The van der Waals surface area contributed by atoms with Crippen molar-refractivity contribution in [2.45, 2.75) is 47.1 Å². The van der Waals surface area contributed by atoms with E-state index in [1.165, 1.54) is 5.56 Å². The average Bonchev–Trinajstić information content (AvgIpc) is 3.18. The van der Waals surface area contributed by atoms with Gasteiger partial charge in [-0.3, -0.25) is 4.79 Å². The van der Waals surface area contributed by atoms with Gasteiger partial charge in [-0.2, -0.15) is 0 Å². The van der Waals surface area contributed by atoms with E-state index in [1.54, 1.807) is 12.1 Å². The molecule has 4 rings (SSSR count). The van der Waals surface area contributed by atoms with E-state index in [0.29, 0.717) is 17.2 Å². The lowest BCUT2D eigenvalue weighted by Gasteiger charge is -2.14. The highest BCUT2D eigenvalue weighted by molar-refractivity contribution is 6.05. The molecule has 0 aliphatic carbocycles. The Kier molecular flexibility index (Phi) is 5.99. The second kappa shape index (κ2) is 8.87. The molecule has 1 atom stereocenters. The topological polar surface area (TPSA) is 64.4 Å². The summed E-state index contributed by atoms with van der Waals surface area (Å²) in [5, 5.41) is 3.02. The molecule has 1 heterocycles. The molecule has 1 N–H and O–H groups in total. The van der Waals surface area contributed by atoms with Gasteiger partial charge in [0.2, 0.25) is 5.89 Å². The van der Waals surface area contributed by atoms with E-state index >= 15 is 0 Å². The minimum atomic E-state index is -0.191. The molecule has 164 valence electrons. The summed E-state index contributed by atoms with van der Waals surface area (Å²) in [6, 6.07) is 17.1. The lowest BCUT2D eigenvalue weighted by atomic mass is 10.1. The van der Waals surface area contributed by atoms with Gasteiger partial charge in [0.15, 0.2) is 5.58 Å². The number of rotatable bonds is 6. The Labute approximate surface area is 188 Å². The van der Waals surface area contributed by atoms with Crippen LogP contribution >= 0.6 is 0 Å². The van der Waals surface area contributed by atoms with Crippen LogP contribution in [-0.4, -0.2) is 17.0 Å². The molecular formula is C27H28N2O3. The highest BCUT2D eigenvalue weighted by Crippen LogP contribution is 2.29. The summed E-state index contributed by atoms with van der Waals surface area (Å²) in [6.07, 6.45) is 0.994. The van der Waals surface area contributed by atoms with Crippen LogP contribution in [0.2, 0.25) is 0 Å². The SMILES string of the molecule is CC[C@H](C)Oc1cccc(C(=O)Nc2cc(-c3nc4cc(C)c(C)cc4o3)ccc2C)c1. The van der Waals surface area contributed by atoms with Crippen molar-refractivity contribution in [1.29, 1.82) is 0 Å². The lowest BCUT2D eigenvalue weighted by molar-refractivity contribution is 0.102. The molecule has 1 aromatic heterocycles. The molecule has 0 bridgehead atoms. The average molecular weight is 429 g/mol. The van der Waals surface area contributed by atoms with Crippen LogP contribution in [0.25, 0.3) is 22.6 Å². The van der Waals surface area contributed by atoms with Gasteiger partial charge < -0.3 is 14.5 Å². The number of aryl methyl sites for hydroxylation is 3. The number of oxazole rings is 1. The number of benzene rings is 3. The summed E-state index contributed by atoms with van der Waals surface area (Å²) in [7, 11) is 0. The van der Waals surface area contributed by atoms with Crippen LogP contribution < -0.4 is 10.1 Å². The number of anilines is 1. The molecule has 0 fully saturated rings. The number of aromatic nitrogens is 1. The van der Waals surface area contributed by atoms with Gasteiger partial charge in [0.25, 0.3) is 5.91 Å². The molecule has 0 radical (unpaired) electrons. The van der Waals surface area contributed by atoms with Crippen molar-refractivity contribution in [3.63, 3.8) is 0 Å². The van der Waals surface area contributed by atoms with Crippen LogP contribution in [-0.2, 0) is 0 Å². The molecule has 4 aromatic rings. The van der Waals surface area contributed by atoms with E-state index in [4.69, 9.17) is 9.15 Å². The Morgan fingerprint density at radius 3 is 2.59 bits per heavy atom. The maximum Gasteiger partial charge on any atom is 0.255 e. The number of hydrogen-bond acceptors (Lipinski definition) is 4. The van der Waals surface area contributed by atoms with Crippen LogP contribution in [0.15, 0.2) is 59.0 Å². The number of carbonyl (C=O) groups is 1. The van der Waals surface area contributed by atoms with Crippen molar-refractivity contribution < 1.29 is 13.9 Å². The Morgan fingerprint density at radius 2 is 1.81 bits per heavy atom. The molecule has 1 amide bonds. The van der Waals surface area contributed by atoms with Crippen molar-refractivity contribution in [2.24, 2.45) is 0 Å². The van der Waals surface area contributed by atoms with Gasteiger partial charge in [-0.15, -0.1) is 0 Å². The number of fused-ring (bicyclic) bond motifs is 1. The third-order valence-corrected chi connectivity index (χ3v) is 5.75. The van der Waals surface area contributed by atoms with Gasteiger partial charge >= 0.3 is 0 Å². The van der Waals surface area contributed by atoms with Crippen molar-refractivity contribution in [1.82, 2.24) is 4.98 Å². The molecule has 0 saturated heterocycles. The van der Waals surface area contributed by atoms with E-state index in [0.717, 1.165) is 39.9 Å². The van der Waals surface area contributed by atoms with Crippen molar-refractivity contribution in [3.05, 3.63) is 76.9 Å². The Hall–Kier alpha value is -3.60. The molecule has 0 unspecified atom stereocenters. The summed E-state index contributed by atoms with van der Waals surface area (Å²) in [5.41, 5.74) is 6.95. The second-order valence-corrected chi connectivity index (χ2v) is 8.27. The third kappa shape index (κ3) is 4.52. The Bertz CT molecular complexity index is 1250. The van der Waals surface area contributed by atoms with Crippen molar-refractivity contribution >= 4 is 22.7 Å². The fourth-order valence-corrected chi connectivity index (χ4v) is 3.41. The first-order valence-corrected chi connectivity index (χ1v) is 10.9. The fourth-order valence-electron chi connectivity index (χ4n) is 3.41. The second-order valence-electron chi connectivity index (χ2n) is 8.27. The van der Waals surface area contributed by atoms with E-state index in [-0.39, 0.29) is 12.0 Å². The fraction of sp³-hybridized carbons (Fsp3) is 0.259. The minimum absolute atomic E-state index is 0.0936. The molecule has 0 saturated carbocycles. The monoisotopic (exact) mass is 428 g/mol. The minimum Gasteiger partial charge on any atom is -0.491 e. The van der Waals surface area contributed by atoms with Gasteiger partial charge in [-0.1, -0.05) is 19.1 Å². The normalized spacial score (nSPS) is 12.0. The summed E-state index contributed by atoms with van der Waals surface area (Å²) in [5.74, 6) is 1.03. The van der Waals surface area contributed by atoms with Crippen LogP contribution in [0.1, 0.15) is 47.3 Å². The lowest BCUT2D eigenvalue weighted by Crippen LogP contribution is -2.14. The quantitative estimate of drug-likeness (QED) is 0.365. The third-order valence-electron chi connectivity index (χ3n) is 5.75. The van der Waals surface area contributed by atoms with E-state index in [2.05, 4.69) is 31.1 Å². The molecule has 32 heavy (non-hydrogen) atoms. The zero-order valence-electron chi connectivity index (χ0n) is 19.2. The predicted molar refractivity (Wildman–Crippen MR) is 128 cm³/mol. The number of nitrogens with zero attached hydrogens (tertiary/aromatic N) is 1. The van der Waals surface area contributed by atoms with Gasteiger partial charge in [0, 0.05) is 16.8 Å². The maximum atomic E-state index is 12.9. The van der Waals surface area contributed by atoms with E-state index in [1.807, 2.05) is 56.3 Å². The molecular weight excluding hydrogens is 400 g/mol. The zero-order chi connectivity index (χ0) is 22.8. The summed E-state index contributed by atoms with van der Waals surface area (Å²) in [6.45, 7) is 10.2. The summed E-state index contributed by atoms with van der Waals surface area (Å²) >= 11 is 0. The smallest absolute Gasteiger partial charge is 0.255 e. The van der Waals surface area contributed by atoms with Crippen LogP contribution in [0.5, 0.6) is 5.75 Å². The zero-order valence-corrected chi connectivity index (χ0v) is 19.2. The predicted octanol–water partition coefficient (Wildman–Crippen LogP) is 6.85. The molecule has 3 aromatic carbocycles. The first-order chi connectivity index (χ1) is 15.3.